The maximum atomic E-state index is 12.4. The average molecular weight is 267 g/mol. The third-order valence-electron chi connectivity index (χ3n) is 3.85. The third-order valence-corrected chi connectivity index (χ3v) is 5.93. The van der Waals surface area contributed by atoms with E-state index in [4.69, 9.17) is 0 Å². The maximum absolute atomic E-state index is 12.4. The molecule has 0 radical (unpaired) electrons. The lowest BCUT2D eigenvalue weighted by Gasteiger charge is -2.10. The number of benzene rings is 1. The smallest absolute Gasteiger partial charge is 0.244 e. The summed E-state index contributed by atoms with van der Waals surface area (Å²) in [7, 11) is -3.57. The van der Waals surface area contributed by atoms with Gasteiger partial charge in [-0.2, -0.15) is 4.31 Å². The molecule has 1 fully saturated rings. The van der Waals surface area contributed by atoms with Crippen molar-refractivity contribution in [1.29, 1.82) is 0 Å². The highest BCUT2D eigenvalue weighted by Gasteiger charge is 2.66. The Kier molecular flexibility index (Phi) is 2.87. The van der Waals surface area contributed by atoms with Crippen LogP contribution in [0.2, 0.25) is 0 Å². The molecule has 1 aliphatic rings. The number of carbonyl (C=O) groups excluding carboxylic acids is 1. The van der Waals surface area contributed by atoms with Crippen LogP contribution in [-0.2, 0) is 14.8 Å². The first-order valence-electron chi connectivity index (χ1n) is 5.84. The van der Waals surface area contributed by atoms with Crippen molar-refractivity contribution in [2.24, 2.45) is 0 Å². The summed E-state index contributed by atoms with van der Waals surface area (Å²) in [4.78, 5) is 11.8. The largest absolute Gasteiger partial charge is 0.298 e. The Morgan fingerprint density at radius 3 is 2.17 bits per heavy atom. The highest BCUT2D eigenvalue weighted by molar-refractivity contribution is 7.89. The van der Waals surface area contributed by atoms with Gasteiger partial charge in [0.25, 0.3) is 0 Å². The van der Waals surface area contributed by atoms with Gasteiger partial charge >= 0.3 is 0 Å². The number of hydrogen-bond donors (Lipinski definition) is 0. The summed E-state index contributed by atoms with van der Waals surface area (Å²) in [5.41, 5.74) is 0.117. The van der Waals surface area contributed by atoms with E-state index in [1.54, 1.807) is 38.1 Å². The van der Waals surface area contributed by atoms with Crippen LogP contribution in [0.25, 0.3) is 0 Å². The zero-order chi connectivity index (χ0) is 13.7. The molecule has 0 saturated carbocycles. The molecule has 0 spiro atoms. The van der Waals surface area contributed by atoms with Crippen LogP contribution in [0.5, 0.6) is 0 Å². The summed E-state index contributed by atoms with van der Waals surface area (Å²) in [6.45, 7) is 6.76. The second-order valence-corrected chi connectivity index (χ2v) is 6.81. The molecule has 1 aliphatic heterocycles. The second kappa shape index (κ2) is 3.90. The summed E-state index contributed by atoms with van der Waals surface area (Å²) >= 11 is 0. The van der Waals surface area contributed by atoms with Crippen LogP contribution in [-0.4, -0.2) is 30.1 Å². The SMILES string of the molecule is CC(=O)[C@@]1(C)[C@@H](C)N1S(=O)(=O)c1ccc(C)cc1. The molecule has 0 bridgehead atoms. The van der Waals surface area contributed by atoms with E-state index in [9.17, 15) is 13.2 Å². The van der Waals surface area contributed by atoms with Gasteiger partial charge in [0, 0.05) is 6.04 Å². The summed E-state index contributed by atoms with van der Waals surface area (Å²) in [6, 6.07) is 6.39. The fraction of sp³-hybridized carbons (Fsp3) is 0.462. The summed E-state index contributed by atoms with van der Waals surface area (Å²) in [6.07, 6.45) is 0. The van der Waals surface area contributed by atoms with Gasteiger partial charge in [-0.3, -0.25) is 4.79 Å². The van der Waals surface area contributed by atoms with Crippen LogP contribution in [0.4, 0.5) is 0 Å². The molecule has 0 aromatic heterocycles. The quantitative estimate of drug-likeness (QED) is 0.784. The lowest BCUT2D eigenvalue weighted by molar-refractivity contribution is -0.119. The zero-order valence-electron chi connectivity index (χ0n) is 11.0. The molecule has 1 aromatic rings. The molecule has 3 atom stereocenters. The molecule has 2 rings (SSSR count). The molecule has 18 heavy (non-hydrogen) atoms. The summed E-state index contributed by atoms with van der Waals surface area (Å²) in [5, 5.41) is 0. The minimum absolute atomic E-state index is 0.120. The van der Waals surface area contributed by atoms with Crippen LogP contribution in [0.15, 0.2) is 29.2 Å². The number of rotatable bonds is 3. The van der Waals surface area contributed by atoms with E-state index in [1.165, 1.54) is 11.2 Å². The second-order valence-electron chi connectivity index (χ2n) is 4.99. The van der Waals surface area contributed by atoms with E-state index in [2.05, 4.69) is 0 Å². The first-order valence-corrected chi connectivity index (χ1v) is 7.28. The predicted octanol–water partition coefficient (Wildman–Crippen LogP) is 1.74. The fourth-order valence-electron chi connectivity index (χ4n) is 2.25. The Bertz CT molecular complexity index is 591. The van der Waals surface area contributed by atoms with Crippen LogP contribution in [0.1, 0.15) is 26.3 Å². The highest BCUT2D eigenvalue weighted by Crippen LogP contribution is 2.46. The monoisotopic (exact) mass is 267 g/mol. The van der Waals surface area contributed by atoms with Gasteiger partial charge in [0.1, 0.15) is 5.54 Å². The van der Waals surface area contributed by atoms with Gasteiger partial charge in [-0.1, -0.05) is 17.7 Å². The lowest BCUT2D eigenvalue weighted by atomic mass is 10.1. The van der Waals surface area contributed by atoms with E-state index in [-0.39, 0.29) is 16.7 Å². The molecule has 0 N–H and O–H groups in total. The van der Waals surface area contributed by atoms with Crippen LogP contribution >= 0.6 is 0 Å². The first-order chi connectivity index (χ1) is 8.22. The maximum Gasteiger partial charge on any atom is 0.244 e. The number of carbonyl (C=O) groups is 1. The molecule has 4 nitrogen and oxygen atoms in total. The molecule has 1 heterocycles. The van der Waals surface area contributed by atoms with E-state index in [1.807, 2.05) is 6.92 Å². The van der Waals surface area contributed by atoms with Crippen molar-refractivity contribution in [2.45, 2.75) is 44.2 Å². The van der Waals surface area contributed by atoms with Gasteiger partial charge < -0.3 is 0 Å². The third kappa shape index (κ3) is 1.69. The standard InChI is InChI=1S/C13H17NO3S/c1-9-5-7-12(8-6-9)18(16,17)14-10(2)13(14,4)11(3)15/h5-8,10H,1-4H3/t10-,13-,14?/m1/s1. The topological polar surface area (TPSA) is 54.2 Å². The minimum Gasteiger partial charge on any atom is -0.298 e. The Morgan fingerprint density at radius 2 is 1.78 bits per heavy atom. The number of sulfonamides is 1. The lowest BCUT2D eigenvalue weighted by Crippen LogP contribution is -2.27. The van der Waals surface area contributed by atoms with Gasteiger partial charge in [-0.05, 0) is 39.8 Å². The van der Waals surface area contributed by atoms with Crippen LogP contribution in [0, 0.1) is 6.92 Å². The normalized spacial score (nSPS) is 31.1. The number of nitrogens with zero attached hydrogens (tertiary/aromatic N) is 1. The van der Waals surface area contributed by atoms with Crippen LogP contribution in [0.3, 0.4) is 0 Å². The van der Waals surface area contributed by atoms with Crippen molar-refractivity contribution >= 4 is 15.8 Å². The van der Waals surface area contributed by atoms with Gasteiger partial charge in [0.05, 0.1) is 4.90 Å². The molecule has 0 aliphatic carbocycles. The van der Waals surface area contributed by atoms with Crippen molar-refractivity contribution in [3.8, 4) is 0 Å². The van der Waals surface area contributed by atoms with Crippen molar-refractivity contribution in [3.05, 3.63) is 29.8 Å². The molecule has 1 aromatic carbocycles. The first kappa shape index (κ1) is 13.2. The Labute approximate surface area is 108 Å². The van der Waals surface area contributed by atoms with Crippen molar-refractivity contribution in [1.82, 2.24) is 4.31 Å². The van der Waals surface area contributed by atoms with Gasteiger partial charge in [-0.15, -0.1) is 0 Å². The Morgan fingerprint density at radius 1 is 1.28 bits per heavy atom. The number of ketones is 1. The average Bonchev–Trinajstić information content (AvgIpc) is 2.84. The molecular weight excluding hydrogens is 250 g/mol. The van der Waals surface area contributed by atoms with Gasteiger partial charge in [-0.25, -0.2) is 8.42 Å². The molecule has 1 unspecified atom stereocenters. The number of hydrogen-bond acceptors (Lipinski definition) is 3. The van der Waals surface area contributed by atoms with Crippen molar-refractivity contribution < 1.29 is 13.2 Å². The number of Topliss-reactive ketones (excluding diaryl/α,β-unsaturated/α-hetero) is 1. The van der Waals surface area contributed by atoms with Crippen molar-refractivity contribution in [3.63, 3.8) is 0 Å². The van der Waals surface area contributed by atoms with Crippen LogP contribution < -0.4 is 0 Å². The zero-order valence-corrected chi connectivity index (χ0v) is 11.8. The fourth-order valence-corrected chi connectivity index (χ4v) is 4.31. The molecule has 1 saturated heterocycles. The number of aryl methyl sites for hydroxylation is 1. The predicted molar refractivity (Wildman–Crippen MR) is 68.8 cm³/mol. The molecule has 0 amide bonds. The molecule has 98 valence electrons. The Hall–Kier alpha value is -1.20. The molecular formula is C13H17NO3S. The van der Waals surface area contributed by atoms with Gasteiger partial charge in [0.2, 0.25) is 10.0 Å². The highest BCUT2D eigenvalue weighted by atomic mass is 32.2. The van der Waals surface area contributed by atoms with E-state index in [0.717, 1.165) is 5.56 Å². The van der Waals surface area contributed by atoms with E-state index < -0.39 is 15.6 Å². The van der Waals surface area contributed by atoms with E-state index >= 15 is 0 Å². The van der Waals surface area contributed by atoms with Crippen molar-refractivity contribution in [2.75, 3.05) is 0 Å². The summed E-state index contributed by atoms with van der Waals surface area (Å²) in [5.74, 6) is -0.120. The summed E-state index contributed by atoms with van der Waals surface area (Å²) < 4.78 is 26.1. The van der Waals surface area contributed by atoms with Gasteiger partial charge in [0.15, 0.2) is 5.78 Å². The minimum atomic E-state index is -3.57. The molecule has 5 heteroatoms. The Balaban J connectivity index is 2.41. The van der Waals surface area contributed by atoms with E-state index in [0.29, 0.717) is 0 Å².